The van der Waals surface area contributed by atoms with Crippen LogP contribution in [0.3, 0.4) is 0 Å². The normalized spacial score (nSPS) is 13.3. The minimum atomic E-state index is -3.94. The number of rotatable bonds is 4. The lowest BCUT2D eigenvalue weighted by atomic mass is 10.2. The van der Waals surface area contributed by atoms with Crippen LogP contribution in [0.5, 0.6) is 5.75 Å². The predicted octanol–water partition coefficient (Wildman–Crippen LogP) is 4.61. The van der Waals surface area contributed by atoms with E-state index in [1.165, 1.54) is 12.1 Å². The summed E-state index contributed by atoms with van der Waals surface area (Å²) in [5.41, 5.74) is 0.987. The van der Waals surface area contributed by atoms with Gasteiger partial charge in [-0.25, -0.2) is 0 Å². The molecule has 0 amide bonds. The molecule has 0 aromatic heterocycles. The van der Waals surface area contributed by atoms with E-state index in [-0.39, 0.29) is 10.9 Å². The lowest BCUT2D eigenvalue weighted by Crippen LogP contribution is -2.11. The van der Waals surface area contributed by atoms with E-state index in [0.29, 0.717) is 5.75 Å². The molecule has 0 saturated heterocycles. The van der Waals surface area contributed by atoms with Crippen LogP contribution in [0.25, 0.3) is 0 Å². The van der Waals surface area contributed by atoms with E-state index in [2.05, 4.69) is 8.76 Å². The van der Waals surface area contributed by atoms with E-state index in [1.54, 1.807) is 30.3 Å². The van der Waals surface area contributed by atoms with Crippen molar-refractivity contribution in [2.45, 2.75) is 16.7 Å². The quantitative estimate of drug-likeness (QED) is 0.464. The predicted molar refractivity (Wildman–Crippen MR) is 113 cm³/mol. The third-order valence-electron chi connectivity index (χ3n) is 3.74. The number of nitrogens with zero attached hydrogens (tertiary/aromatic N) is 2. The smallest absolute Gasteiger partial charge is 0.339 e. The van der Waals surface area contributed by atoms with Gasteiger partial charge >= 0.3 is 6.02 Å². The molecule has 144 valence electrons. The second-order valence-electron chi connectivity index (χ2n) is 5.96. The molecule has 1 atom stereocenters. The molecule has 0 saturated carbocycles. The van der Waals surface area contributed by atoms with Crippen LogP contribution in [-0.4, -0.2) is 20.7 Å². The topological polar surface area (TPSA) is 68.1 Å². The molecular formula is C21H20N2O3S2. The van der Waals surface area contributed by atoms with Gasteiger partial charge in [0.05, 0.1) is 4.90 Å². The van der Waals surface area contributed by atoms with Crippen molar-refractivity contribution in [3.8, 4) is 5.75 Å². The monoisotopic (exact) mass is 412 g/mol. The first kappa shape index (κ1) is 20.0. The van der Waals surface area contributed by atoms with Gasteiger partial charge in [-0.3, -0.25) is 0 Å². The van der Waals surface area contributed by atoms with E-state index in [9.17, 15) is 8.42 Å². The summed E-state index contributed by atoms with van der Waals surface area (Å²) >= 11 is 0. The molecule has 0 aliphatic carbocycles. The second-order valence-corrected chi connectivity index (χ2v) is 9.18. The molecule has 0 spiro atoms. The van der Waals surface area contributed by atoms with Gasteiger partial charge in [0.15, 0.2) is 0 Å². The molecule has 0 fully saturated rings. The highest BCUT2D eigenvalue weighted by Crippen LogP contribution is 2.17. The summed E-state index contributed by atoms with van der Waals surface area (Å²) in [5, 5.41) is 0. The number of benzene rings is 3. The zero-order chi connectivity index (χ0) is 20.0. The fourth-order valence-electron chi connectivity index (χ4n) is 2.37. The number of ether oxygens (including phenoxy) is 1. The third-order valence-corrected chi connectivity index (χ3v) is 6.39. The van der Waals surface area contributed by atoms with Gasteiger partial charge in [0.2, 0.25) is 0 Å². The Labute approximate surface area is 167 Å². The molecular weight excluding hydrogens is 392 g/mol. The summed E-state index contributed by atoms with van der Waals surface area (Å²) in [7, 11) is -4.57. The van der Waals surface area contributed by atoms with Crippen molar-refractivity contribution < 1.29 is 13.2 Å². The number of hydrogen-bond donors (Lipinski definition) is 0. The molecule has 0 radical (unpaired) electrons. The zero-order valence-electron chi connectivity index (χ0n) is 15.5. The van der Waals surface area contributed by atoms with Crippen molar-refractivity contribution >= 4 is 26.7 Å². The first-order valence-corrected chi connectivity index (χ1v) is 11.5. The Bertz CT molecular complexity index is 1110. The average molecular weight is 413 g/mol. The molecule has 0 aliphatic heterocycles. The minimum Gasteiger partial charge on any atom is -0.423 e. The summed E-state index contributed by atoms with van der Waals surface area (Å²) in [4.78, 5) is 1.05. The van der Waals surface area contributed by atoms with Crippen molar-refractivity contribution in [2.75, 3.05) is 6.26 Å². The van der Waals surface area contributed by atoms with E-state index in [1.807, 2.05) is 55.6 Å². The van der Waals surface area contributed by atoms with Crippen LogP contribution in [0, 0.1) is 6.92 Å². The molecule has 28 heavy (non-hydrogen) atoms. The van der Waals surface area contributed by atoms with Crippen LogP contribution >= 0.6 is 0 Å². The first-order chi connectivity index (χ1) is 13.4. The van der Waals surface area contributed by atoms with Gasteiger partial charge in [-0.1, -0.05) is 59.2 Å². The Morgan fingerprint density at radius 1 is 0.893 bits per heavy atom. The van der Waals surface area contributed by atoms with Gasteiger partial charge in [0.25, 0.3) is 10.0 Å². The van der Waals surface area contributed by atoms with Gasteiger partial charge < -0.3 is 4.74 Å². The SMILES string of the molecule is Cc1cccc(OC(=N\S(=O)(=O)c2ccccc2)/N=S(\C)c2ccccc2)c1. The van der Waals surface area contributed by atoms with E-state index in [0.717, 1.165) is 10.5 Å². The summed E-state index contributed by atoms with van der Waals surface area (Å²) < 4.78 is 39.5. The molecule has 0 aliphatic rings. The van der Waals surface area contributed by atoms with Gasteiger partial charge in [0.1, 0.15) is 5.75 Å². The van der Waals surface area contributed by atoms with Gasteiger partial charge in [0, 0.05) is 4.90 Å². The van der Waals surface area contributed by atoms with Crippen LogP contribution < -0.4 is 4.74 Å². The first-order valence-electron chi connectivity index (χ1n) is 8.51. The fraction of sp³-hybridized carbons (Fsp3) is 0.0952. The highest BCUT2D eigenvalue weighted by atomic mass is 32.2. The summed E-state index contributed by atoms with van der Waals surface area (Å²) in [6.07, 6.45) is 1.89. The van der Waals surface area contributed by atoms with Crippen LogP contribution in [0.15, 0.2) is 103 Å². The van der Waals surface area contributed by atoms with Crippen LogP contribution in [0.4, 0.5) is 0 Å². The summed E-state index contributed by atoms with van der Waals surface area (Å²) in [5.74, 6) is 0.482. The molecule has 3 aromatic carbocycles. The standard InChI is InChI=1S/C21H20N2O3S2/c1-17-10-9-11-18(16-17)26-21(22-27(2)19-12-5-3-6-13-19)23-28(24,25)20-14-7-4-8-15-20/h3-16H,1-2H3/b23-21-. The van der Waals surface area contributed by atoms with Crippen molar-refractivity contribution in [1.82, 2.24) is 0 Å². The number of sulfonamides is 1. The van der Waals surface area contributed by atoms with Crippen molar-refractivity contribution in [3.05, 3.63) is 90.5 Å². The maximum absolute atomic E-state index is 12.7. The third kappa shape index (κ3) is 5.37. The average Bonchev–Trinajstić information content (AvgIpc) is 2.69. The lowest BCUT2D eigenvalue weighted by Gasteiger charge is -2.08. The Morgan fingerprint density at radius 2 is 1.54 bits per heavy atom. The van der Waals surface area contributed by atoms with Crippen LogP contribution in [0.2, 0.25) is 0 Å². The highest BCUT2D eigenvalue weighted by Gasteiger charge is 2.16. The Hall–Kier alpha value is -2.77. The molecule has 7 heteroatoms. The maximum atomic E-state index is 12.7. The number of hydrogen-bond acceptors (Lipinski definition) is 3. The van der Waals surface area contributed by atoms with Crippen molar-refractivity contribution in [2.24, 2.45) is 8.76 Å². The highest BCUT2D eigenvalue weighted by molar-refractivity contribution is 7.90. The van der Waals surface area contributed by atoms with Gasteiger partial charge in [-0.2, -0.15) is 12.8 Å². The van der Waals surface area contributed by atoms with E-state index >= 15 is 0 Å². The van der Waals surface area contributed by atoms with E-state index < -0.39 is 20.7 Å². The Balaban J connectivity index is 2.03. The number of amidine groups is 1. The molecule has 5 nitrogen and oxygen atoms in total. The van der Waals surface area contributed by atoms with Crippen molar-refractivity contribution in [3.63, 3.8) is 0 Å². The van der Waals surface area contributed by atoms with Gasteiger partial charge in [-0.15, -0.1) is 4.40 Å². The van der Waals surface area contributed by atoms with Crippen LogP contribution in [-0.2, 0) is 20.7 Å². The molecule has 0 heterocycles. The molecule has 3 aromatic rings. The fourth-order valence-corrected chi connectivity index (χ4v) is 4.28. The van der Waals surface area contributed by atoms with E-state index in [4.69, 9.17) is 4.74 Å². The lowest BCUT2D eigenvalue weighted by molar-refractivity contribution is 0.542. The Morgan fingerprint density at radius 3 is 2.18 bits per heavy atom. The second kappa shape index (κ2) is 8.95. The summed E-state index contributed by atoms with van der Waals surface area (Å²) in [6.45, 7) is 1.93. The number of aryl methyl sites for hydroxylation is 1. The molecule has 0 bridgehead atoms. The van der Waals surface area contributed by atoms with Crippen LogP contribution in [0.1, 0.15) is 5.56 Å². The maximum Gasteiger partial charge on any atom is 0.339 e. The summed E-state index contributed by atoms with van der Waals surface area (Å²) in [6, 6.07) is 24.7. The molecule has 3 rings (SSSR count). The largest absolute Gasteiger partial charge is 0.423 e. The Kier molecular flexibility index (Phi) is 6.38. The minimum absolute atomic E-state index is 0.0891. The molecule has 0 N–H and O–H groups in total. The van der Waals surface area contributed by atoms with Gasteiger partial charge in [-0.05, 0) is 55.1 Å². The zero-order valence-corrected chi connectivity index (χ0v) is 17.2. The molecule has 1 unspecified atom stereocenters. The van der Waals surface area contributed by atoms with Crippen molar-refractivity contribution in [1.29, 1.82) is 0 Å².